The first-order chi connectivity index (χ1) is 10.2. The Labute approximate surface area is 123 Å². The van der Waals surface area contributed by atoms with Gasteiger partial charge < -0.3 is 9.84 Å². The van der Waals surface area contributed by atoms with Crippen molar-refractivity contribution in [1.29, 1.82) is 5.26 Å². The minimum atomic E-state index is -0.0435. The number of hydrogen-bond donors (Lipinski definition) is 1. The van der Waals surface area contributed by atoms with Gasteiger partial charge in [-0.2, -0.15) is 5.26 Å². The first-order valence-corrected chi connectivity index (χ1v) is 6.66. The van der Waals surface area contributed by atoms with Gasteiger partial charge in [-0.05, 0) is 24.6 Å². The highest BCUT2D eigenvalue weighted by Crippen LogP contribution is 2.38. The van der Waals surface area contributed by atoms with Gasteiger partial charge in [0.15, 0.2) is 0 Å². The maximum atomic E-state index is 9.32. The molecule has 4 heteroatoms. The van der Waals surface area contributed by atoms with Crippen LogP contribution in [-0.4, -0.2) is 10.1 Å². The molecule has 0 saturated heterocycles. The Morgan fingerprint density at radius 1 is 1.38 bits per heavy atom. The number of benzene rings is 1. The zero-order chi connectivity index (χ0) is 14.8. The molecule has 2 aromatic rings. The van der Waals surface area contributed by atoms with Crippen molar-refractivity contribution >= 4 is 5.57 Å². The molecule has 0 spiro atoms. The number of allylic oxidation sites excluding steroid dienone is 1. The summed E-state index contributed by atoms with van der Waals surface area (Å²) >= 11 is 0. The van der Waals surface area contributed by atoms with E-state index in [2.05, 4.69) is 11.1 Å². The van der Waals surface area contributed by atoms with Crippen LogP contribution in [0.5, 0.6) is 5.75 Å². The predicted octanol–water partition coefficient (Wildman–Crippen LogP) is 2.81. The highest BCUT2D eigenvalue weighted by Gasteiger charge is 2.22. The zero-order valence-electron chi connectivity index (χ0n) is 11.6. The molecule has 4 nitrogen and oxygen atoms in total. The van der Waals surface area contributed by atoms with E-state index < -0.39 is 0 Å². The fourth-order valence-corrected chi connectivity index (χ4v) is 2.52. The summed E-state index contributed by atoms with van der Waals surface area (Å²) < 4.78 is 5.83. The number of ether oxygens (including phenoxy) is 1. The number of hydrogen-bond acceptors (Lipinski definition) is 4. The van der Waals surface area contributed by atoms with Crippen LogP contribution in [0.15, 0.2) is 42.1 Å². The standard InChI is InChI=1S/C17H14N2O2/c1-11(8-18)17-13-3-2-6-19-15(13)10-21-16-7-12(9-20)4-5-14(16)17/h2-7,20H,9-10H2,1H3/b17-11+. The van der Waals surface area contributed by atoms with Gasteiger partial charge in [0.05, 0.1) is 18.4 Å². The van der Waals surface area contributed by atoms with Gasteiger partial charge in [-0.1, -0.05) is 18.2 Å². The Morgan fingerprint density at radius 3 is 3.00 bits per heavy atom. The third kappa shape index (κ3) is 2.28. The Balaban J connectivity index is 2.30. The van der Waals surface area contributed by atoms with Crippen molar-refractivity contribution in [2.75, 3.05) is 0 Å². The lowest BCUT2D eigenvalue weighted by molar-refractivity contribution is 0.277. The van der Waals surface area contributed by atoms with Crippen LogP contribution in [0, 0.1) is 11.3 Å². The maximum absolute atomic E-state index is 9.32. The van der Waals surface area contributed by atoms with E-state index in [1.54, 1.807) is 13.1 Å². The summed E-state index contributed by atoms with van der Waals surface area (Å²) in [6, 6.07) is 11.6. The lowest BCUT2D eigenvalue weighted by atomic mass is 9.92. The summed E-state index contributed by atoms with van der Waals surface area (Å²) in [6.45, 7) is 2.10. The fraction of sp³-hybridized carbons (Fsp3) is 0.176. The van der Waals surface area contributed by atoms with E-state index in [0.29, 0.717) is 17.9 Å². The van der Waals surface area contributed by atoms with Gasteiger partial charge in [0, 0.05) is 28.5 Å². The molecule has 1 aliphatic rings. The molecule has 0 atom stereocenters. The molecule has 0 fully saturated rings. The second kappa shape index (κ2) is 5.39. The molecule has 0 saturated carbocycles. The largest absolute Gasteiger partial charge is 0.487 e. The molecule has 1 aromatic carbocycles. The van der Waals surface area contributed by atoms with Crippen LogP contribution in [0.2, 0.25) is 0 Å². The summed E-state index contributed by atoms with van der Waals surface area (Å²) in [7, 11) is 0. The summed E-state index contributed by atoms with van der Waals surface area (Å²) in [5.41, 5.74) is 4.83. The molecule has 3 rings (SSSR count). The molecule has 0 bridgehead atoms. The van der Waals surface area contributed by atoms with Crippen LogP contribution in [0.3, 0.4) is 0 Å². The number of pyridine rings is 1. The molecule has 1 N–H and O–H groups in total. The van der Waals surface area contributed by atoms with Gasteiger partial charge in [-0.15, -0.1) is 0 Å². The second-order valence-electron chi connectivity index (χ2n) is 4.89. The highest BCUT2D eigenvalue weighted by molar-refractivity contribution is 5.87. The van der Waals surface area contributed by atoms with Crippen LogP contribution < -0.4 is 4.74 Å². The van der Waals surface area contributed by atoms with Crippen LogP contribution in [-0.2, 0) is 13.2 Å². The van der Waals surface area contributed by atoms with Gasteiger partial charge in [-0.25, -0.2) is 0 Å². The average molecular weight is 278 g/mol. The molecule has 104 valence electrons. The van der Waals surface area contributed by atoms with Crippen LogP contribution in [0.4, 0.5) is 0 Å². The van der Waals surface area contributed by atoms with Gasteiger partial charge in [0.25, 0.3) is 0 Å². The van der Waals surface area contributed by atoms with E-state index in [-0.39, 0.29) is 6.61 Å². The molecule has 2 heterocycles. The number of aliphatic hydroxyl groups excluding tert-OH is 1. The number of nitriles is 1. The van der Waals surface area contributed by atoms with Crippen molar-refractivity contribution in [3.63, 3.8) is 0 Å². The molecule has 0 aliphatic carbocycles. The third-order valence-corrected chi connectivity index (χ3v) is 3.56. The maximum Gasteiger partial charge on any atom is 0.131 e. The molecule has 1 aliphatic heterocycles. The van der Waals surface area contributed by atoms with Gasteiger partial charge >= 0.3 is 0 Å². The summed E-state index contributed by atoms with van der Waals surface area (Å²) in [5.74, 6) is 0.671. The van der Waals surface area contributed by atoms with Crippen molar-refractivity contribution in [3.05, 3.63) is 64.5 Å². The van der Waals surface area contributed by atoms with E-state index in [1.165, 1.54) is 0 Å². The number of rotatable bonds is 1. The Hall–Kier alpha value is -2.64. The Morgan fingerprint density at radius 2 is 2.24 bits per heavy atom. The molecule has 0 amide bonds. The van der Waals surface area contributed by atoms with E-state index in [4.69, 9.17) is 4.74 Å². The topological polar surface area (TPSA) is 66.1 Å². The SMILES string of the molecule is C/C(C#N)=C1\c2ccc(CO)cc2OCc2ncccc21. The van der Waals surface area contributed by atoms with Crippen LogP contribution in [0.25, 0.3) is 5.57 Å². The number of fused-ring (bicyclic) bond motifs is 2. The minimum absolute atomic E-state index is 0.0435. The van der Waals surface area contributed by atoms with E-state index in [1.807, 2.05) is 30.3 Å². The number of nitrogens with zero attached hydrogens (tertiary/aromatic N) is 2. The molecule has 21 heavy (non-hydrogen) atoms. The molecular weight excluding hydrogens is 264 g/mol. The van der Waals surface area contributed by atoms with E-state index in [9.17, 15) is 10.4 Å². The van der Waals surface area contributed by atoms with Crippen molar-refractivity contribution in [1.82, 2.24) is 4.98 Å². The third-order valence-electron chi connectivity index (χ3n) is 3.56. The Kier molecular flexibility index (Phi) is 3.43. The van der Waals surface area contributed by atoms with Crippen LogP contribution >= 0.6 is 0 Å². The van der Waals surface area contributed by atoms with Crippen molar-refractivity contribution in [2.24, 2.45) is 0 Å². The van der Waals surface area contributed by atoms with Gasteiger partial charge in [0.2, 0.25) is 0 Å². The second-order valence-corrected chi connectivity index (χ2v) is 4.89. The van der Waals surface area contributed by atoms with Gasteiger partial charge in [0.1, 0.15) is 12.4 Å². The molecular formula is C17H14N2O2. The fourth-order valence-electron chi connectivity index (χ4n) is 2.52. The monoisotopic (exact) mass is 278 g/mol. The summed E-state index contributed by atoms with van der Waals surface area (Å²) in [5, 5.41) is 18.6. The first kappa shape index (κ1) is 13.3. The molecule has 1 aromatic heterocycles. The predicted molar refractivity (Wildman–Crippen MR) is 78.2 cm³/mol. The normalized spacial score (nSPS) is 15.1. The first-order valence-electron chi connectivity index (χ1n) is 6.66. The quantitative estimate of drug-likeness (QED) is 0.815. The van der Waals surface area contributed by atoms with Crippen molar-refractivity contribution in [3.8, 4) is 11.8 Å². The van der Waals surface area contributed by atoms with Crippen molar-refractivity contribution in [2.45, 2.75) is 20.1 Å². The highest BCUT2D eigenvalue weighted by atomic mass is 16.5. The molecule has 0 unspecified atom stereocenters. The van der Waals surface area contributed by atoms with E-state index >= 15 is 0 Å². The lowest BCUT2D eigenvalue weighted by Gasteiger charge is -2.11. The molecule has 0 radical (unpaired) electrons. The van der Waals surface area contributed by atoms with Crippen molar-refractivity contribution < 1.29 is 9.84 Å². The zero-order valence-corrected chi connectivity index (χ0v) is 11.6. The Bertz CT molecular complexity index is 773. The minimum Gasteiger partial charge on any atom is -0.487 e. The number of aliphatic hydroxyl groups is 1. The lowest BCUT2D eigenvalue weighted by Crippen LogP contribution is -1.98. The number of aromatic nitrogens is 1. The van der Waals surface area contributed by atoms with Gasteiger partial charge in [-0.3, -0.25) is 4.98 Å². The summed E-state index contributed by atoms with van der Waals surface area (Å²) in [6.07, 6.45) is 1.72. The smallest absolute Gasteiger partial charge is 0.131 e. The summed E-state index contributed by atoms with van der Waals surface area (Å²) in [4.78, 5) is 4.35. The average Bonchev–Trinajstić information content (AvgIpc) is 2.70. The van der Waals surface area contributed by atoms with E-state index in [0.717, 1.165) is 28.0 Å². The van der Waals surface area contributed by atoms with Crippen LogP contribution in [0.1, 0.15) is 29.3 Å².